The van der Waals surface area contributed by atoms with E-state index in [1.165, 1.54) is 6.07 Å². The highest BCUT2D eigenvalue weighted by molar-refractivity contribution is 5.66. The lowest BCUT2D eigenvalue weighted by Gasteiger charge is -2.34. The zero-order chi connectivity index (χ0) is 16.6. The Balaban J connectivity index is 1.93. The van der Waals surface area contributed by atoms with Gasteiger partial charge >= 0.3 is 0 Å². The molecule has 1 aromatic heterocycles. The molecule has 1 aliphatic rings. The molecule has 0 amide bonds. The maximum atomic E-state index is 13.9. The molecule has 1 N–H and O–H groups in total. The molecule has 0 saturated heterocycles. The molecule has 1 unspecified atom stereocenters. The van der Waals surface area contributed by atoms with Crippen molar-refractivity contribution in [2.75, 3.05) is 0 Å². The number of nitrogens with one attached hydrogen (secondary N) is 1. The smallest absolute Gasteiger partial charge is 0.169 e. The standard InChI is InChI=1S/C20H14FN3/c21-16-8-4-7-15(11-16)20(14-5-2-1-3-6-14)10-9-17-18(12-20)23-24-19(17)13-22/h1-11H,12H2,(H,23,24). The van der Waals surface area contributed by atoms with Crippen molar-refractivity contribution >= 4 is 6.08 Å². The Morgan fingerprint density at radius 1 is 1.08 bits per heavy atom. The largest absolute Gasteiger partial charge is 0.281 e. The number of fused-ring (bicyclic) bond motifs is 1. The number of nitrogens with zero attached hydrogens (tertiary/aromatic N) is 2. The number of allylic oxidation sites excluding steroid dienone is 1. The summed E-state index contributed by atoms with van der Waals surface area (Å²) in [5.74, 6) is -0.260. The molecular weight excluding hydrogens is 301 g/mol. The fourth-order valence-electron chi connectivity index (χ4n) is 3.41. The number of hydrogen-bond donors (Lipinski definition) is 1. The first kappa shape index (κ1) is 14.4. The third-order valence-electron chi connectivity index (χ3n) is 4.61. The molecule has 0 spiro atoms. The predicted octanol–water partition coefficient (Wildman–Crippen LogP) is 3.98. The zero-order valence-corrected chi connectivity index (χ0v) is 12.8. The summed E-state index contributed by atoms with van der Waals surface area (Å²) in [6.07, 6.45) is 4.57. The van der Waals surface area contributed by atoms with Crippen LogP contribution in [0.3, 0.4) is 0 Å². The minimum atomic E-state index is -0.490. The second-order valence-corrected chi connectivity index (χ2v) is 5.93. The summed E-state index contributed by atoms with van der Waals surface area (Å²) in [6, 6.07) is 18.8. The van der Waals surface area contributed by atoms with Crippen molar-refractivity contribution in [2.24, 2.45) is 0 Å². The van der Waals surface area contributed by atoms with E-state index in [0.717, 1.165) is 22.4 Å². The van der Waals surface area contributed by atoms with Gasteiger partial charge in [0.15, 0.2) is 5.69 Å². The summed E-state index contributed by atoms with van der Waals surface area (Å²) < 4.78 is 13.9. The van der Waals surface area contributed by atoms with Crippen molar-refractivity contribution in [3.05, 3.63) is 94.6 Å². The van der Waals surface area contributed by atoms with Gasteiger partial charge in [0.05, 0.1) is 0 Å². The van der Waals surface area contributed by atoms with Crippen molar-refractivity contribution in [3.63, 3.8) is 0 Å². The molecule has 0 bridgehead atoms. The SMILES string of the molecule is N#Cc1n[nH]c2c1C=CC(c1ccccc1)(c1cccc(F)c1)C2. The Bertz CT molecular complexity index is 966. The van der Waals surface area contributed by atoms with Crippen LogP contribution in [-0.4, -0.2) is 10.2 Å². The van der Waals surface area contributed by atoms with Crippen molar-refractivity contribution in [1.82, 2.24) is 10.2 Å². The second kappa shape index (κ2) is 5.47. The first-order chi connectivity index (χ1) is 11.7. The summed E-state index contributed by atoms with van der Waals surface area (Å²) in [7, 11) is 0. The molecular formula is C20H14FN3. The number of aromatic nitrogens is 2. The first-order valence-electron chi connectivity index (χ1n) is 7.71. The van der Waals surface area contributed by atoms with Crippen LogP contribution in [0.15, 0.2) is 60.7 Å². The minimum absolute atomic E-state index is 0.260. The van der Waals surface area contributed by atoms with E-state index in [4.69, 9.17) is 5.26 Å². The molecule has 2 aromatic carbocycles. The van der Waals surface area contributed by atoms with Crippen LogP contribution < -0.4 is 0 Å². The summed E-state index contributed by atoms with van der Waals surface area (Å²) in [5.41, 5.74) is 3.56. The fraction of sp³-hybridized carbons (Fsp3) is 0.100. The quantitative estimate of drug-likeness (QED) is 0.778. The molecule has 0 radical (unpaired) electrons. The first-order valence-corrected chi connectivity index (χ1v) is 7.71. The van der Waals surface area contributed by atoms with E-state index in [2.05, 4.69) is 22.3 Å². The number of benzene rings is 2. The molecule has 3 nitrogen and oxygen atoms in total. The number of hydrogen-bond acceptors (Lipinski definition) is 2. The van der Waals surface area contributed by atoms with E-state index in [9.17, 15) is 4.39 Å². The normalized spacial score (nSPS) is 18.8. The predicted molar refractivity (Wildman–Crippen MR) is 89.7 cm³/mol. The lowest BCUT2D eigenvalue weighted by molar-refractivity contribution is 0.594. The third-order valence-corrected chi connectivity index (χ3v) is 4.61. The van der Waals surface area contributed by atoms with Gasteiger partial charge in [0, 0.05) is 23.1 Å². The lowest BCUT2D eigenvalue weighted by atomic mass is 9.68. The molecule has 4 heteroatoms. The average Bonchev–Trinajstić information content (AvgIpc) is 3.04. The van der Waals surface area contributed by atoms with E-state index in [0.29, 0.717) is 12.1 Å². The van der Waals surface area contributed by atoms with Gasteiger partial charge in [-0.1, -0.05) is 54.6 Å². The van der Waals surface area contributed by atoms with Crippen LogP contribution in [0.1, 0.15) is 28.1 Å². The van der Waals surface area contributed by atoms with Crippen molar-refractivity contribution in [2.45, 2.75) is 11.8 Å². The lowest BCUT2D eigenvalue weighted by Crippen LogP contribution is -2.30. The molecule has 3 aromatic rings. The van der Waals surface area contributed by atoms with Gasteiger partial charge in [-0.3, -0.25) is 5.10 Å². The Morgan fingerprint density at radius 2 is 1.88 bits per heavy atom. The molecule has 24 heavy (non-hydrogen) atoms. The molecule has 0 fully saturated rings. The topological polar surface area (TPSA) is 52.5 Å². The Kier molecular flexibility index (Phi) is 3.28. The van der Waals surface area contributed by atoms with Gasteiger partial charge in [-0.25, -0.2) is 4.39 Å². The highest BCUT2D eigenvalue weighted by Crippen LogP contribution is 2.41. The van der Waals surface area contributed by atoms with Gasteiger partial charge in [-0.05, 0) is 23.3 Å². The van der Waals surface area contributed by atoms with Gasteiger partial charge in [-0.2, -0.15) is 10.4 Å². The van der Waals surface area contributed by atoms with Gasteiger partial charge < -0.3 is 0 Å². The highest BCUT2D eigenvalue weighted by atomic mass is 19.1. The van der Waals surface area contributed by atoms with Crippen LogP contribution in [0.2, 0.25) is 0 Å². The molecule has 0 saturated carbocycles. The number of halogens is 1. The highest BCUT2D eigenvalue weighted by Gasteiger charge is 2.36. The van der Waals surface area contributed by atoms with Crippen LogP contribution in [-0.2, 0) is 11.8 Å². The average molecular weight is 315 g/mol. The van der Waals surface area contributed by atoms with E-state index in [-0.39, 0.29) is 5.82 Å². The van der Waals surface area contributed by atoms with Crippen molar-refractivity contribution in [3.8, 4) is 6.07 Å². The Labute approximate surface area is 139 Å². The van der Waals surface area contributed by atoms with Crippen LogP contribution in [0.25, 0.3) is 6.08 Å². The maximum Gasteiger partial charge on any atom is 0.169 e. The summed E-state index contributed by atoms with van der Waals surface area (Å²) in [5, 5.41) is 16.2. The van der Waals surface area contributed by atoms with Crippen LogP contribution in [0.4, 0.5) is 4.39 Å². The third kappa shape index (κ3) is 2.14. The molecule has 116 valence electrons. The van der Waals surface area contributed by atoms with Crippen LogP contribution in [0, 0.1) is 17.1 Å². The summed E-state index contributed by atoms with van der Waals surface area (Å²) in [6.45, 7) is 0. The maximum absolute atomic E-state index is 13.9. The number of H-pyrrole nitrogens is 1. The minimum Gasteiger partial charge on any atom is -0.281 e. The van der Waals surface area contributed by atoms with E-state index < -0.39 is 5.41 Å². The van der Waals surface area contributed by atoms with Gasteiger partial charge in [0.2, 0.25) is 0 Å². The molecule has 4 rings (SSSR count). The van der Waals surface area contributed by atoms with E-state index in [1.807, 2.05) is 42.5 Å². The molecule has 1 atom stereocenters. The monoisotopic (exact) mass is 315 g/mol. The van der Waals surface area contributed by atoms with Gasteiger partial charge in [0.1, 0.15) is 11.9 Å². The van der Waals surface area contributed by atoms with Gasteiger partial charge in [-0.15, -0.1) is 0 Å². The number of rotatable bonds is 2. The molecule has 1 aliphatic carbocycles. The van der Waals surface area contributed by atoms with Crippen molar-refractivity contribution in [1.29, 1.82) is 5.26 Å². The van der Waals surface area contributed by atoms with E-state index >= 15 is 0 Å². The summed E-state index contributed by atoms with van der Waals surface area (Å²) >= 11 is 0. The number of nitriles is 1. The van der Waals surface area contributed by atoms with Crippen LogP contribution >= 0.6 is 0 Å². The molecule has 0 aliphatic heterocycles. The summed E-state index contributed by atoms with van der Waals surface area (Å²) in [4.78, 5) is 0. The number of aromatic amines is 1. The fourth-order valence-corrected chi connectivity index (χ4v) is 3.41. The molecule has 1 heterocycles. The van der Waals surface area contributed by atoms with Gasteiger partial charge in [0.25, 0.3) is 0 Å². The van der Waals surface area contributed by atoms with Crippen molar-refractivity contribution < 1.29 is 4.39 Å². The second-order valence-electron chi connectivity index (χ2n) is 5.93. The zero-order valence-electron chi connectivity index (χ0n) is 12.8. The van der Waals surface area contributed by atoms with E-state index in [1.54, 1.807) is 12.1 Å². The Hall–Kier alpha value is -3.19. The van der Waals surface area contributed by atoms with Crippen LogP contribution in [0.5, 0.6) is 0 Å². The Morgan fingerprint density at radius 3 is 2.62 bits per heavy atom.